The molecular weight excluding hydrogens is 240 g/mol. The van der Waals surface area contributed by atoms with Crippen LogP contribution in [-0.2, 0) is 16.7 Å². The number of pyridine rings is 1. The first-order valence-corrected chi connectivity index (χ1v) is 6.95. The van der Waals surface area contributed by atoms with Gasteiger partial charge in [0.1, 0.15) is 6.61 Å². The molecule has 0 saturated carbocycles. The average molecular weight is 264 g/mol. The average Bonchev–Trinajstić information content (AvgIpc) is 2.88. The molecule has 106 valence electrons. The Balaban J connectivity index is 2.10. The molecule has 1 aliphatic heterocycles. The van der Waals surface area contributed by atoms with Crippen LogP contribution in [0, 0.1) is 0 Å². The van der Waals surface area contributed by atoms with E-state index in [-0.39, 0.29) is 11.5 Å². The van der Waals surface area contributed by atoms with Crippen LogP contribution in [0.2, 0.25) is 0 Å². The Kier molecular flexibility index (Phi) is 4.42. The van der Waals surface area contributed by atoms with Gasteiger partial charge in [-0.05, 0) is 24.5 Å². The molecule has 1 unspecified atom stereocenters. The summed E-state index contributed by atoms with van der Waals surface area (Å²) >= 11 is 0. The van der Waals surface area contributed by atoms with Gasteiger partial charge in [-0.1, -0.05) is 20.8 Å². The molecule has 0 aliphatic carbocycles. The van der Waals surface area contributed by atoms with Crippen molar-refractivity contribution >= 4 is 0 Å². The van der Waals surface area contributed by atoms with E-state index in [1.807, 2.05) is 6.07 Å². The second kappa shape index (κ2) is 5.88. The normalized spacial score (nSPS) is 19.7. The highest BCUT2D eigenvalue weighted by atomic mass is 16.5. The van der Waals surface area contributed by atoms with E-state index < -0.39 is 0 Å². The molecule has 1 aromatic heterocycles. The van der Waals surface area contributed by atoms with Gasteiger partial charge in [-0.15, -0.1) is 0 Å². The van der Waals surface area contributed by atoms with Crippen LogP contribution < -0.4 is 10.5 Å². The van der Waals surface area contributed by atoms with E-state index in [1.165, 1.54) is 0 Å². The van der Waals surface area contributed by atoms with Crippen LogP contribution in [0.4, 0.5) is 0 Å². The molecule has 1 aliphatic rings. The molecule has 1 saturated heterocycles. The molecule has 4 heteroatoms. The predicted molar refractivity (Wildman–Crippen MR) is 75.3 cm³/mol. The van der Waals surface area contributed by atoms with Gasteiger partial charge >= 0.3 is 0 Å². The van der Waals surface area contributed by atoms with Gasteiger partial charge in [0.15, 0.2) is 0 Å². The zero-order chi connectivity index (χ0) is 13.9. The standard InChI is InChI=1S/C15H24N2O2/c1-15(2,3)13-7-11(9-16)8-14(17-13)19-10-12-5-4-6-18-12/h7-8,12H,4-6,9-10,16H2,1-3H3. The van der Waals surface area contributed by atoms with Gasteiger partial charge in [-0.3, -0.25) is 0 Å². The van der Waals surface area contributed by atoms with E-state index in [9.17, 15) is 0 Å². The minimum Gasteiger partial charge on any atom is -0.475 e. The Hall–Kier alpha value is -1.13. The second-order valence-corrected chi connectivity index (χ2v) is 6.10. The predicted octanol–water partition coefficient (Wildman–Crippen LogP) is 2.40. The Morgan fingerprint density at radius 1 is 1.42 bits per heavy atom. The summed E-state index contributed by atoms with van der Waals surface area (Å²) < 4.78 is 11.3. The third-order valence-electron chi connectivity index (χ3n) is 3.31. The van der Waals surface area contributed by atoms with Crippen molar-refractivity contribution in [2.24, 2.45) is 5.73 Å². The van der Waals surface area contributed by atoms with Crippen molar-refractivity contribution in [1.82, 2.24) is 4.98 Å². The molecule has 1 fully saturated rings. The number of hydrogen-bond acceptors (Lipinski definition) is 4. The summed E-state index contributed by atoms with van der Waals surface area (Å²) in [7, 11) is 0. The van der Waals surface area contributed by atoms with Crippen molar-refractivity contribution in [3.63, 3.8) is 0 Å². The fourth-order valence-corrected chi connectivity index (χ4v) is 2.09. The Morgan fingerprint density at radius 3 is 2.79 bits per heavy atom. The lowest BCUT2D eigenvalue weighted by Gasteiger charge is -2.20. The van der Waals surface area contributed by atoms with E-state index in [2.05, 4.69) is 31.8 Å². The number of aromatic nitrogens is 1. The largest absolute Gasteiger partial charge is 0.475 e. The van der Waals surface area contributed by atoms with Crippen LogP contribution in [0.1, 0.15) is 44.9 Å². The molecule has 0 spiro atoms. The lowest BCUT2D eigenvalue weighted by atomic mass is 9.91. The zero-order valence-corrected chi connectivity index (χ0v) is 12.1. The lowest BCUT2D eigenvalue weighted by Crippen LogP contribution is -2.19. The first-order valence-electron chi connectivity index (χ1n) is 6.95. The quantitative estimate of drug-likeness (QED) is 0.907. The van der Waals surface area contributed by atoms with Crippen molar-refractivity contribution in [1.29, 1.82) is 0 Å². The second-order valence-electron chi connectivity index (χ2n) is 6.10. The highest BCUT2D eigenvalue weighted by Crippen LogP contribution is 2.24. The topological polar surface area (TPSA) is 57.4 Å². The number of hydrogen-bond donors (Lipinski definition) is 1. The molecule has 2 rings (SSSR count). The summed E-state index contributed by atoms with van der Waals surface area (Å²) in [4.78, 5) is 4.58. The maximum absolute atomic E-state index is 5.78. The van der Waals surface area contributed by atoms with E-state index in [4.69, 9.17) is 15.2 Å². The minimum atomic E-state index is -0.00680. The molecule has 2 heterocycles. The van der Waals surface area contributed by atoms with Crippen molar-refractivity contribution < 1.29 is 9.47 Å². The fourth-order valence-electron chi connectivity index (χ4n) is 2.09. The van der Waals surface area contributed by atoms with Gasteiger partial charge in [-0.2, -0.15) is 0 Å². The van der Waals surface area contributed by atoms with Crippen LogP contribution in [0.3, 0.4) is 0 Å². The Bertz CT molecular complexity index is 421. The lowest BCUT2D eigenvalue weighted by molar-refractivity contribution is 0.0661. The van der Waals surface area contributed by atoms with Gasteiger partial charge in [0.25, 0.3) is 0 Å². The van der Waals surface area contributed by atoms with Crippen molar-refractivity contribution in [2.45, 2.75) is 51.7 Å². The van der Waals surface area contributed by atoms with Crippen molar-refractivity contribution in [3.05, 3.63) is 23.4 Å². The van der Waals surface area contributed by atoms with Crippen molar-refractivity contribution in [3.8, 4) is 5.88 Å². The smallest absolute Gasteiger partial charge is 0.213 e. The van der Waals surface area contributed by atoms with Crippen LogP contribution in [0.15, 0.2) is 12.1 Å². The fraction of sp³-hybridized carbons (Fsp3) is 0.667. The molecule has 19 heavy (non-hydrogen) atoms. The number of nitrogens with zero attached hydrogens (tertiary/aromatic N) is 1. The van der Waals surface area contributed by atoms with Crippen LogP contribution >= 0.6 is 0 Å². The highest BCUT2D eigenvalue weighted by Gasteiger charge is 2.19. The minimum absolute atomic E-state index is 0.00680. The number of ether oxygens (including phenoxy) is 2. The molecule has 1 aromatic rings. The molecule has 1 atom stereocenters. The number of rotatable bonds is 4. The summed E-state index contributed by atoms with van der Waals surface area (Å²) in [6.45, 7) is 8.34. The van der Waals surface area contributed by atoms with Gasteiger partial charge in [-0.25, -0.2) is 4.98 Å². The van der Waals surface area contributed by atoms with E-state index >= 15 is 0 Å². The summed E-state index contributed by atoms with van der Waals surface area (Å²) in [6.07, 6.45) is 2.40. The molecular formula is C15H24N2O2. The van der Waals surface area contributed by atoms with Gasteiger partial charge in [0.2, 0.25) is 5.88 Å². The first-order chi connectivity index (χ1) is 8.99. The van der Waals surface area contributed by atoms with Crippen LogP contribution in [-0.4, -0.2) is 24.3 Å². The van der Waals surface area contributed by atoms with Crippen molar-refractivity contribution in [2.75, 3.05) is 13.2 Å². The molecule has 4 nitrogen and oxygen atoms in total. The summed E-state index contributed by atoms with van der Waals surface area (Å²) in [5.74, 6) is 0.656. The van der Waals surface area contributed by atoms with Gasteiger partial charge in [0.05, 0.1) is 11.8 Å². The van der Waals surface area contributed by atoms with Crippen LogP contribution in [0.5, 0.6) is 5.88 Å². The maximum Gasteiger partial charge on any atom is 0.213 e. The third-order valence-corrected chi connectivity index (χ3v) is 3.31. The monoisotopic (exact) mass is 264 g/mol. The molecule has 0 bridgehead atoms. The molecule has 0 amide bonds. The van der Waals surface area contributed by atoms with Gasteiger partial charge in [0, 0.05) is 24.6 Å². The van der Waals surface area contributed by atoms with E-state index in [0.717, 1.165) is 30.7 Å². The first kappa shape index (κ1) is 14.3. The SMILES string of the molecule is CC(C)(C)c1cc(CN)cc(OCC2CCCO2)n1. The van der Waals surface area contributed by atoms with E-state index in [1.54, 1.807) is 0 Å². The summed E-state index contributed by atoms with van der Waals surface area (Å²) in [5.41, 5.74) is 7.80. The summed E-state index contributed by atoms with van der Waals surface area (Å²) in [5, 5.41) is 0. The van der Waals surface area contributed by atoms with Gasteiger partial charge < -0.3 is 15.2 Å². The number of nitrogens with two attached hydrogens (primary N) is 1. The maximum atomic E-state index is 5.78. The third kappa shape index (κ3) is 3.91. The molecule has 0 aromatic carbocycles. The highest BCUT2D eigenvalue weighted by molar-refractivity contribution is 5.28. The molecule has 0 radical (unpaired) electrons. The summed E-state index contributed by atoms with van der Waals surface area (Å²) in [6, 6.07) is 3.98. The Morgan fingerprint density at radius 2 is 2.21 bits per heavy atom. The zero-order valence-electron chi connectivity index (χ0n) is 12.1. The van der Waals surface area contributed by atoms with E-state index in [0.29, 0.717) is 19.0 Å². The molecule has 2 N–H and O–H groups in total. The Labute approximate surface area is 115 Å². The van der Waals surface area contributed by atoms with Crippen LogP contribution in [0.25, 0.3) is 0 Å².